The number of carbonyl (C=O) groups is 3. The van der Waals surface area contributed by atoms with E-state index in [1.807, 2.05) is 0 Å². The Labute approximate surface area is 109 Å². The van der Waals surface area contributed by atoms with Crippen LogP contribution in [0.25, 0.3) is 0 Å². The zero-order valence-electron chi connectivity index (χ0n) is 10.3. The molecular formula is C10H15N5O4. The van der Waals surface area contributed by atoms with Gasteiger partial charge in [0.15, 0.2) is 0 Å². The average Bonchev–Trinajstić information content (AvgIpc) is 2.73. The fraction of sp³-hybridized carbons (Fsp3) is 0.400. The van der Waals surface area contributed by atoms with Crippen molar-refractivity contribution >= 4 is 23.6 Å². The number of urea groups is 1. The first kappa shape index (κ1) is 14.5. The van der Waals surface area contributed by atoms with E-state index in [1.54, 1.807) is 6.92 Å². The number of hydrogen-bond acceptors (Lipinski definition) is 4. The van der Waals surface area contributed by atoms with Crippen molar-refractivity contribution in [2.45, 2.75) is 13.5 Å². The number of aliphatic carboxylic acids is 1. The topological polar surface area (TPSA) is 125 Å². The Hall–Kier alpha value is -2.58. The van der Waals surface area contributed by atoms with E-state index in [9.17, 15) is 14.4 Å². The molecule has 0 spiro atoms. The first-order valence-corrected chi connectivity index (χ1v) is 5.57. The zero-order valence-corrected chi connectivity index (χ0v) is 10.3. The molecular weight excluding hydrogens is 254 g/mol. The number of hydrogen-bond donors (Lipinski definition) is 4. The Morgan fingerprint density at radius 2 is 2.11 bits per heavy atom. The molecule has 1 heterocycles. The maximum absolute atomic E-state index is 11.4. The predicted octanol–water partition coefficient (Wildman–Crippen LogP) is -0.775. The van der Waals surface area contributed by atoms with Crippen LogP contribution in [0.3, 0.4) is 0 Å². The third-order valence-corrected chi connectivity index (χ3v) is 1.97. The number of carbonyl (C=O) groups excluding carboxylic acids is 2. The molecule has 0 atom stereocenters. The van der Waals surface area contributed by atoms with E-state index in [-0.39, 0.29) is 19.0 Å². The van der Waals surface area contributed by atoms with Crippen LogP contribution in [0, 0.1) is 0 Å². The number of anilines is 1. The van der Waals surface area contributed by atoms with E-state index < -0.39 is 12.0 Å². The van der Waals surface area contributed by atoms with Gasteiger partial charge in [-0.15, -0.1) is 0 Å². The molecule has 19 heavy (non-hydrogen) atoms. The highest BCUT2D eigenvalue weighted by atomic mass is 16.4. The highest BCUT2D eigenvalue weighted by molar-refractivity contribution is 5.92. The number of rotatable bonds is 6. The molecule has 104 valence electrons. The zero-order chi connectivity index (χ0) is 14.3. The van der Waals surface area contributed by atoms with E-state index in [1.165, 1.54) is 17.1 Å². The number of aromatic nitrogens is 2. The third kappa shape index (κ3) is 5.52. The second-order valence-corrected chi connectivity index (χ2v) is 3.58. The lowest BCUT2D eigenvalue weighted by atomic mass is 10.5. The molecule has 0 saturated heterocycles. The van der Waals surface area contributed by atoms with Crippen LogP contribution in [0.2, 0.25) is 0 Å². The molecule has 0 radical (unpaired) electrons. The van der Waals surface area contributed by atoms with Gasteiger partial charge in [-0.05, 0) is 6.92 Å². The first-order valence-electron chi connectivity index (χ1n) is 5.57. The number of carboxylic acid groups (broad SMARTS) is 1. The smallest absolute Gasteiger partial charge is 0.325 e. The summed E-state index contributed by atoms with van der Waals surface area (Å²) in [5.41, 5.74) is 0.342. The van der Waals surface area contributed by atoms with Crippen molar-refractivity contribution in [3.05, 3.63) is 12.4 Å². The Morgan fingerprint density at radius 3 is 2.74 bits per heavy atom. The van der Waals surface area contributed by atoms with Crippen molar-refractivity contribution in [3.8, 4) is 0 Å². The van der Waals surface area contributed by atoms with Gasteiger partial charge in [-0.3, -0.25) is 14.3 Å². The van der Waals surface area contributed by atoms with Crippen LogP contribution < -0.4 is 16.0 Å². The van der Waals surface area contributed by atoms with E-state index in [2.05, 4.69) is 21.0 Å². The summed E-state index contributed by atoms with van der Waals surface area (Å²) in [6.45, 7) is 1.84. The monoisotopic (exact) mass is 269 g/mol. The van der Waals surface area contributed by atoms with Crippen LogP contribution in [-0.2, 0) is 16.1 Å². The standard InChI is InChI=1S/C10H15N5O4/c1-2-11-8(16)4-12-10(19)14-7-3-13-15(5-7)6-9(17)18/h3,5H,2,4,6H2,1H3,(H,11,16)(H,17,18)(H2,12,14,19). The quantitative estimate of drug-likeness (QED) is 0.539. The normalized spacial score (nSPS) is 9.74. The Kier molecular flexibility index (Phi) is 5.33. The minimum atomic E-state index is -1.03. The average molecular weight is 269 g/mol. The van der Waals surface area contributed by atoms with Gasteiger partial charge in [-0.2, -0.15) is 5.10 Å². The summed E-state index contributed by atoms with van der Waals surface area (Å²) in [5.74, 6) is -1.32. The summed E-state index contributed by atoms with van der Waals surface area (Å²) < 4.78 is 1.17. The lowest BCUT2D eigenvalue weighted by Crippen LogP contribution is -2.38. The highest BCUT2D eigenvalue weighted by Gasteiger charge is 2.07. The predicted molar refractivity (Wildman–Crippen MR) is 65.6 cm³/mol. The van der Waals surface area contributed by atoms with Gasteiger partial charge in [0.25, 0.3) is 0 Å². The van der Waals surface area contributed by atoms with Gasteiger partial charge in [0.2, 0.25) is 5.91 Å². The summed E-state index contributed by atoms with van der Waals surface area (Å²) in [5, 5.41) is 19.6. The highest BCUT2D eigenvalue weighted by Crippen LogP contribution is 2.03. The van der Waals surface area contributed by atoms with Crippen molar-refractivity contribution in [3.63, 3.8) is 0 Å². The molecule has 0 aliphatic heterocycles. The fourth-order valence-corrected chi connectivity index (χ4v) is 1.25. The minimum Gasteiger partial charge on any atom is -0.480 e. The molecule has 0 unspecified atom stereocenters. The van der Waals surface area contributed by atoms with Crippen molar-refractivity contribution in [1.82, 2.24) is 20.4 Å². The Bertz CT molecular complexity index is 470. The van der Waals surface area contributed by atoms with Gasteiger partial charge >= 0.3 is 12.0 Å². The van der Waals surface area contributed by atoms with Crippen LogP contribution in [-0.4, -0.2) is 45.9 Å². The van der Waals surface area contributed by atoms with Crippen molar-refractivity contribution in [2.75, 3.05) is 18.4 Å². The van der Waals surface area contributed by atoms with Gasteiger partial charge in [-0.25, -0.2) is 4.79 Å². The maximum atomic E-state index is 11.4. The van der Waals surface area contributed by atoms with Crippen LogP contribution in [0.15, 0.2) is 12.4 Å². The second-order valence-electron chi connectivity index (χ2n) is 3.58. The maximum Gasteiger partial charge on any atom is 0.325 e. The SMILES string of the molecule is CCNC(=O)CNC(=O)Nc1cnn(CC(=O)O)c1. The molecule has 9 heteroatoms. The molecule has 0 saturated carbocycles. The molecule has 0 aliphatic carbocycles. The van der Waals surface area contributed by atoms with Crippen molar-refractivity contribution < 1.29 is 19.5 Å². The Morgan fingerprint density at radius 1 is 1.37 bits per heavy atom. The Balaban J connectivity index is 2.38. The summed E-state index contributed by atoms with van der Waals surface area (Å²) in [6.07, 6.45) is 2.69. The summed E-state index contributed by atoms with van der Waals surface area (Å²) in [6, 6.07) is -0.568. The largest absolute Gasteiger partial charge is 0.480 e. The molecule has 1 aromatic rings. The fourth-order valence-electron chi connectivity index (χ4n) is 1.25. The van der Waals surface area contributed by atoms with E-state index in [0.29, 0.717) is 12.2 Å². The first-order chi connectivity index (χ1) is 9.01. The lowest BCUT2D eigenvalue weighted by Gasteiger charge is -2.05. The van der Waals surface area contributed by atoms with Crippen molar-refractivity contribution in [2.24, 2.45) is 0 Å². The van der Waals surface area contributed by atoms with E-state index >= 15 is 0 Å². The van der Waals surface area contributed by atoms with Gasteiger partial charge in [0.05, 0.1) is 18.4 Å². The molecule has 3 amide bonds. The lowest BCUT2D eigenvalue weighted by molar-refractivity contribution is -0.137. The molecule has 1 rings (SSSR count). The third-order valence-electron chi connectivity index (χ3n) is 1.97. The summed E-state index contributed by atoms with van der Waals surface area (Å²) >= 11 is 0. The van der Waals surface area contributed by atoms with Gasteiger partial charge < -0.3 is 21.1 Å². The van der Waals surface area contributed by atoms with Crippen LogP contribution >= 0.6 is 0 Å². The molecule has 0 bridgehead atoms. The molecule has 0 aromatic carbocycles. The van der Waals surface area contributed by atoms with Crippen LogP contribution in [0.4, 0.5) is 10.5 Å². The van der Waals surface area contributed by atoms with Crippen LogP contribution in [0.1, 0.15) is 6.92 Å². The number of nitrogens with zero attached hydrogens (tertiary/aromatic N) is 2. The second kappa shape index (κ2) is 6.99. The number of likely N-dealkylation sites (N-methyl/N-ethyl adjacent to an activating group) is 1. The van der Waals surface area contributed by atoms with Gasteiger partial charge in [-0.1, -0.05) is 0 Å². The number of nitrogens with one attached hydrogen (secondary N) is 3. The summed E-state index contributed by atoms with van der Waals surface area (Å²) in [7, 11) is 0. The molecule has 9 nitrogen and oxygen atoms in total. The molecule has 1 aromatic heterocycles. The number of carboxylic acids is 1. The van der Waals surface area contributed by atoms with Crippen molar-refractivity contribution in [1.29, 1.82) is 0 Å². The van der Waals surface area contributed by atoms with E-state index in [0.717, 1.165) is 0 Å². The number of amides is 3. The summed E-state index contributed by atoms with van der Waals surface area (Å²) in [4.78, 5) is 32.9. The molecule has 0 aliphatic rings. The van der Waals surface area contributed by atoms with E-state index in [4.69, 9.17) is 5.11 Å². The molecule has 4 N–H and O–H groups in total. The van der Waals surface area contributed by atoms with Gasteiger partial charge in [0, 0.05) is 12.7 Å². The molecule has 0 fully saturated rings. The van der Waals surface area contributed by atoms with Crippen LogP contribution in [0.5, 0.6) is 0 Å². The van der Waals surface area contributed by atoms with Gasteiger partial charge in [0.1, 0.15) is 6.54 Å². The minimum absolute atomic E-state index is 0.136.